The number of fused-ring (bicyclic) bond motifs is 5. The van der Waals surface area contributed by atoms with Crippen molar-refractivity contribution in [3.05, 3.63) is 112 Å². The summed E-state index contributed by atoms with van der Waals surface area (Å²) in [7, 11) is 0. The molecule has 0 spiro atoms. The van der Waals surface area contributed by atoms with Gasteiger partial charge in [-0.15, -0.1) is 23.2 Å². The highest BCUT2D eigenvalue weighted by Crippen LogP contribution is 2.67. The molecular weight excluding hydrogens is 742 g/mol. The van der Waals surface area contributed by atoms with Crippen LogP contribution in [-0.4, -0.2) is 38.5 Å². The largest absolute Gasteiger partial charge is 0.507 e. The van der Waals surface area contributed by atoms with Gasteiger partial charge in [-0.2, -0.15) is 0 Å². The lowest BCUT2D eigenvalue weighted by Gasteiger charge is -2.50. The van der Waals surface area contributed by atoms with Gasteiger partial charge < -0.3 is 5.11 Å². The number of nitrogens with zero attached hydrogens (tertiary/aromatic N) is 2. The van der Waals surface area contributed by atoms with Crippen LogP contribution in [0.25, 0.3) is 10.8 Å². The monoisotopic (exact) mass is 760 g/mol. The predicted molar refractivity (Wildman–Crippen MR) is 176 cm³/mol. The Morgan fingerprint density at radius 2 is 1.35 bits per heavy atom. The third-order valence-electron chi connectivity index (χ3n) is 10.5. The maximum atomic E-state index is 15.3. The Bertz CT molecular complexity index is 2290. The van der Waals surface area contributed by atoms with E-state index < -0.39 is 104 Å². The van der Waals surface area contributed by atoms with Crippen LogP contribution in [0.1, 0.15) is 24.3 Å². The summed E-state index contributed by atoms with van der Waals surface area (Å²) in [5.74, 6) is -22.2. The van der Waals surface area contributed by atoms with E-state index in [2.05, 4.69) is 0 Å². The quantitative estimate of drug-likeness (QED) is 0.0578. The fourth-order valence-electron chi connectivity index (χ4n) is 8.26. The molecular formula is C36H20Cl3F5N2O5. The summed E-state index contributed by atoms with van der Waals surface area (Å²) in [4.78, 5) is 52.1. The van der Waals surface area contributed by atoms with Gasteiger partial charge in [0.2, 0.25) is 17.6 Å². The number of hydrogen-bond donors (Lipinski definition) is 1. The second-order valence-electron chi connectivity index (χ2n) is 12.9. The number of aromatic hydroxyl groups is 1. The number of alkyl halides is 2. The molecule has 0 bridgehead atoms. The second-order valence-corrected chi connectivity index (χ2v) is 14.6. The number of anilines is 2. The van der Waals surface area contributed by atoms with Crippen LogP contribution in [0.3, 0.4) is 0 Å². The zero-order valence-corrected chi connectivity index (χ0v) is 27.8. The van der Waals surface area contributed by atoms with E-state index in [1.165, 1.54) is 30.3 Å². The number of halogens is 8. The molecule has 0 aromatic heterocycles. The van der Waals surface area contributed by atoms with Gasteiger partial charge in [0, 0.05) is 21.9 Å². The van der Waals surface area contributed by atoms with E-state index in [0.717, 1.165) is 4.90 Å². The Morgan fingerprint density at radius 3 is 2.02 bits per heavy atom. The van der Waals surface area contributed by atoms with Crippen LogP contribution in [0.5, 0.6) is 5.75 Å². The van der Waals surface area contributed by atoms with Gasteiger partial charge in [0.25, 0.3) is 11.8 Å². The summed E-state index contributed by atoms with van der Waals surface area (Å²) in [6, 6.07) is 15.4. The molecule has 0 unspecified atom stereocenters. The Morgan fingerprint density at radius 1 is 0.725 bits per heavy atom. The van der Waals surface area contributed by atoms with Crippen LogP contribution < -0.4 is 9.80 Å². The van der Waals surface area contributed by atoms with E-state index in [1.54, 1.807) is 36.4 Å². The lowest BCUT2D eigenvalue weighted by atomic mass is 9.56. The van der Waals surface area contributed by atoms with Crippen molar-refractivity contribution in [2.24, 2.45) is 17.8 Å². The van der Waals surface area contributed by atoms with Gasteiger partial charge in [0.05, 0.1) is 17.5 Å². The van der Waals surface area contributed by atoms with Gasteiger partial charge >= 0.3 is 0 Å². The van der Waals surface area contributed by atoms with E-state index in [-0.39, 0.29) is 33.5 Å². The number of allylic oxidation sites excluding steroid dienone is 2. The van der Waals surface area contributed by atoms with E-state index in [0.29, 0.717) is 10.4 Å². The number of phenolic OH excluding ortho intramolecular Hbond substituents is 1. The molecule has 4 aromatic carbocycles. The van der Waals surface area contributed by atoms with Crippen molar-refractivity contribution in [1.82, 2.24) is 0 Å². The molecule has 15 heteroatoms. The summed E-state index contributed by atoms with van der Waals surface area (Å²) in [6.45, 7) is 0. The van der Waals surface area contributed by atoms with Crippen LogP contribution >= 0.6 is 34.8 Å². The van der Waals surface area contributed by atoms with Crippen molar-refractivity contribution in [2.45, 2.75) is 28.5 Å². The molecule has 2 saturated heterocycles. The smallest absolute Gasteiger partial charge is 0.258 e. The average molecular weight is 762 g/mol. The molecule has 6 atom stereocenters. The van der Waals surface area contributed by atoms with Crippen LogP contribution in [-0.2, 0) is 19.2 Å². The molecule has 4 aromatic rings. The lowest BCUT2D eigenvalue weighted by molar-refractivity contribution is -0.125. The number of rotatable bonds is 3. The Labute approximate surface area is 299 Å². The minimum Gasteiger partial charge on any atom is -0.507 e. The summed E-state index contributed by atoms with van der Waals surface area (Å²) >= 11 is 20.4. The Hall–Kier alpha value is -4.52. The molecule has 1 N–H and O–H groups in total. The highest BCUT2D eigenvalue weighted by Gasteiger charge is 2.77. The molecule has 4 amide bonds. The van der Waals surface area contributed by atoms with E-state index in [9.17, 15) is 37.5 Å². The molecule has 4 aliphatic rings. The molecule has 2 aliphatic carbocycles. The van der Waals surface area contributed by atoms with Gasteiger partial charge in [0.1, 0.15) is 11.4 Å². The topological polar surface area (TPSA) is 95.0 Å². The summed E-state index contributed by atoms with van der Waals surface area (Å²) in [5, 5.41) is 12.9. The van der Waals surface area contributed by atoms with Crippen molar-refractivity contribution < 1.29 is 46.2 Å². The van der Waals surface area contributed by atoms with Crippen LogP contribution in [0.15, 0.2) is 72.3 Å². The molecule has 2 heterocycles. The first-order valence-corrected chi connectivity index (χ1v) is 16.6. The lowest BCUT2D eigenvalue weighted by Crippen LogP contribution is -2.60. The molecule has 2 aliphatic heterocycles. The van der Waals surface area contributed by atoms with Crippen molar-refractivity contribution >= 4 is 80.6 Å². The van der Waals surface area contributed by atoms with Crippen molar-refractivity contribution in [3.8, 4) is 5.75 Å². The normalized spacial score (nSPS) is 28.7. The van der Waals surface area contributed by atoms with Gasteiger partial charge in [-0.1, -0.05) is 59.6 Å². The van der Waals surface area contributed by atoms with Crippen LogP contribution in [0.2, 0.25) is 5.02 Å². The Balaban J connectivity index is 1.35. The molecule has 51 heavy (non-hydrogen) atoms. The molecule has 8 rings (SSSR count). The number of carbonyl (C=O) groups excluding carboxylic acids is 4. The summed E-state index contributed by atoms with van der Waals surface area (Å²) < 4.78 is 73.6. The van der Waals surface area contributed by atoms with Crippen LogP contribution in [0, 0.1) is 46.8 Å². The third kappa shape index (κ3) is 4.24. The third-order valence-corrected chi connectivity index (χ3v) is 12.2. The van der Waals surface area contributed by atoms with Crippen molar-refractivity contribution in [2.75, 3.05) is 9.80 Å². The standard InChI is InChI=1S/C36H20Cl3F5N2O5/c37-15-6-8-16(9-7-15)45-31(48)19-12-11-18-21(22(19)32(45)49)13-35(38)33(50)46(29-27(43)25(41)24(40)26(42)28(29)44)34(51)36(35,39)23(18)20-10-5-14-3-1-2-4-17(14)30(20)47/h1-11,19,21-23,47H,12-13H2/t19-,21+,22-,23+,35+,36-/m0/s1. The molecule has 3 fully saturated rings. The van der Waals surface area contributed by atoms with Gasteiger partial charge in [0.15, 0.2) is 33.0 Å². The molecule has 0 radical (unpaired) electrons. The first kappa shape index (κ1) is 33.6. The fraction of sp³-hybridized carbons (Fsp3) is 0.222. The Kier molecular flexibility index (Phi) is 7.41. The molecule has 7 nitrogen and oxygen atoms in total. The highest BCUT2D eigenvalue weighted by atomic mass is 35.5. The average Bonchev–Trinajstić information content (AvgIpc) is 3.45. The number of amides is 4. The highest BCUT2D eigenvalue weighted by molar-refractivity contribution is 6.58. The second kappa shape index (κ2) is 11.2. The number of imide groups is 2. The maximum absolute atomic E-state index is 15.3. The van der Waals surface area contributed by atoms with Gasteiger partial charge in [-0.05, 0) is 48.4 Å². The molecule has 1 saturated carbocycles. The SMILES string of the molecule is O=C1[C@H]2[C@H](CC=C3[C@H]2C[C@@]2(Cl)C(=O)N(c4c(F)c(F)c(F)c(F)c4F)C(=O)[C@@]2(Cl)[C@H]3c2ccc3ccccc3c2O)C(=O)N1c1ccc(Cl)cc1. The first-order valence-electron chi connectivity index (χ1n) is 15.5. The van der Waals surface area contributed by atoms with Crippen molar-refractivity contribution in [3.63, 3.8) is 0 Å². The summed E-state index contributed by atoms with van der Waals surface area (Å²) in [6.07, 6.45) is 0.836. The van der Waals surface area contributed by atoms with E-state index in [1.807, 2.05) is 0 Å². The predicted octanol–water partition coefficient (Wildman–Crippen LogP) is 7.66. The van der Waals surface area contributed by atoms with Gasteiger partial charge in [-0.25, -0.2) is 26.9 Å². The zero-order valence-electron chi connectivity index (χ0n) is 25.6. The summed E-state index contributed by atoms with van der Waals surface area (Å²) in [5.41, 5.74) is -1.53. The number of hydrogen-bond acceptors (Lipinski definition) is 5. The maximum Gasteiger partial charge on any atom is 0.258 e. The number of benzene rings is 4. The van der Waals surface area contributed by atoms with E-state index >= 15 is 8.78 Å². The van der Waals surface area contributed by atoms with Crippen LogP contribution in [0.4, 0.5) is 33.3 Å². The minimum absolute atomic E-state index is 0.0538. The van der Waals surface area contributed by atoms with E-state index in [4.69, 9.17) is 34.8 Å². The zero-order chi connectivity index (χ0) is 36.5. The minimum atomic E-state index is -2.76. The first-order chi connectivity index (χ1) is 24.1. The number of phenols is 1. The fourth-order valence-corrected chi connectivity index (χ4v) is 9.31. The van der Waals surface area contributed by atoms with Gasteiger partial charge in [-0.3, -0.25) is 24.1 Å². The number of carbonyl (C=O) groups is 4. The molecule has 260 valence electrons. The van der Waals surface area contributed by atoms with Crippen molar-refractivity contribution in [1.29, 1.82) is 0 Å².